The van der Waals surface area contributed by atoms with E-state index in [1.165, 1.54) is 12.4 Å². The number of hydrogen-bond acceptors (Lipinski definition) is 7. The summed E-state index contributed by atoms with van der Waals surface area (Å²) in [7, 11) is 0. The number of amides is 1. The van der Waals surface area contributed by atoms with E-state index >= 15 is 0 Å². The number of aromatic nitrogens is 2. The highest BCUT2D eigenvalue weighted by Gasteiger charge is 2.14. The lowest BCUT2D eigenvalue weighted by Crippen LogP contribution is -2.23. The lowest BCUT2D eigenvalue weighted by Gasteiger charge is -2.07. The maximum Gasteiger partial charge on any atom is 0.254 e. The van der Waals surface area contributed by atoms with Crippen molar-refractivity contribution in [3.8, 4) is 17.6 Å². The molecule has 0 atom stereocenters. The highest BCUT2D eigenvalue weighted by molar-refractivity contribution is 5.93. The van der Waals surface area contributed by atoms with Gasteiger partial charge in [0.25, 0.3) is 5.91 Å². The molecule has 2 N–H and O–H groups in total. The lowest BCUT2D eigenvalue weighted by molar-refractivity contribution is 0.0950. The molecule has 0 spiro atoms. The number of rotatable bonds is 5. The van der Waals surface area contributed by atoms with E-state index in [1.807, 2.05) is 18.2 Å². The Hall–Kier alpha value is -4.12. The number of nitrogens with zero attached hydrogens (tertiary/aromatic N) is 3. The zero-order chi connectivity index (χ0) is 19.3. The first-order valence-electron chi connectivity index (χ1n) is 8.47. The van der Waals surface area contributed by atoms with Crippen LogP contribution in [-0.4, -0.2) is 22.7 Å². The van der Waals surface area contributed by atoms with E-state index < -0.39 is 0 Å². The van der Waals surface area contributed by atoms with Gasteiger partial charge in [-0.15, -0.1) is 0 Å². The number of anilines is 2. The first kappa shape index (κ1) is 17.3. The van der Waals surface area contributed by atoms with Crippen molar-refractivity contribution in [2.24, 2.45) is 0 Å². The maximum atomic E-state index is 12.3. The third-order valence-electron chi connectivity index (χ3n) is 4.05. The molecule has 0 bridgehead atoms. The fraction of sp³-hybridized carbons (Fsp3) is 0.100. The zero-order valence-electron chi connectivity index (χ0n) is 14.7. The van der Waals surface area contributed by atoms with Gasteiger partial charge in [0.2, 0.25) is 12.7 Å². The van der Waals surface area contributed by atoms with Crippen LogP contribution in [0.4, 0.5) is 11.6 Å². The Morgan fingerprint density at radius 2 is 1.93 bits per heavy atom. The average Bonchev–Trinajstić information content (AvgIpc) is 3.20. The van der Waals surface area contributed by atoms with Crippen LogP contribution in [0.1, 0.15) is 21.5 Å². The van der Waals surface area contributed by atoms with E-state index in [0.29, 0.717) is 40.8 Å². The molecule has 1 aromatic heterocycles. The highest BCUT2D eigenvalue weighted by atomic mass is 16.7. The Kier molecular flexibility index (Phi) is 4.72. The molecule has 0 radical (unpaired) electrons. The van der Waals surface area contributed by atoms with E-state index in [2.05, 4.69) is 26.7 Å². The molecule has 3 aromatic rings. The Labute approximate surface area is 160 Å². The first-order valence-corrected chi connectivity index (χ1v) is 8.47. The van der Waals surface area contributed by atoms with Crippen molar-refractivity contribution in [3.63, 3.8) is 0 Å². The van der Waals surface area contributed by atoms with Crippen LogP contribution < -0.4 is 20.1 Å². The third-order valence-corrected chi connectivity index (χ3v) is 4.05. The van der Waals surface area contributed by atoms with Crippen molar-refractivity contribution in [3.05, 3.63) is 71.5 Å². The van der Waals surface area contributed by atoms with Gasteiger partial charge in [0.15, 0.2) is 11.5 Å². The van der Waals surface area contributed by atoms with E-state index in [4.69, 9.17) is 14.7 Å². The van der Waals surface area contributed by atoms with Gasteiger partial charge in [-0.1, -0.05) is 12.1 Å². The Balaban J connectivity index is 1.36. The summed E-state index contributed by atoms with van der Waals surface area (Å²) in [6, 6.07) is 14.5. The minimum Gasteiger partial charge on any atom is -0.454 e. The van der Waals surface area contributed by atoms with Gasteiger partial charge in [-0.3, -0.25) is 4.79 Å². The second kappa shape index (κ2) is 7.63. The van der Waals surface area contributed by atoms with Gasteiger partial charge in [0, 0.05) is 24.6 Å². The molecule has 1 aliphatic rings. The van der Waals surface area contributed by atoms with Gasteiger partial charge in [0.1, 0.15) is 0 Å². The fourth-order valence-electron chi connectivity index (χ4n) is 2.64. The van der Waals surface area contributed by atoms with Gasteiger partial charge in [-0.25, -0.2) is 9.97 Å². The quantitative estimate of drug-likeness (QED) is 0.708. The predicted molar refractivity (Wildman–Crippen MR) is 100 cm³/mol. The van der Waals surface area contributed by atoms with Crippen molar-refractivity contribution < 1.29 is 14.3 Å². The van der Waals surface area contributed by atoms with E-state index in [0.717, 1.165) is 5.56 Å². The number of ether oxygens (including phenoxy) is 2. The Morgan fingerprint density at radius 1 is 1.11 bits per heavy atom. The van der Waals surface area contributed by atoms with Gasteiger partial charge < -0.3 is 20.1 Å². The largest absolute Gasteiger partial charge is 0.454 e. The van der Waals surface area contributed by atoms with Crippen LogP contribution >= 0.6 is 0 Å². The van der Waals surface area contributed by atoms with Crippen molar-refractivity contribution in [1.29, 1.82) is 5.26 Å². The molecule has 2 heterocycles. The molecule has 0 saturated heterocycles. The molecule has 4 rings (SSSR count). The van der Waals surface area contributed by atoms with E-state index in [-0.39, 0.29) is 12.7 Å². The number of nitrogens with one attached hydrogen (secondary N) is 2. The van der Waals surface area contributed by atoms with Gasteiger partial charge in [0.05, 0.1) is 17.2 Å². The first-order chi connectivity index (χ1) is 13.7. The predicted octanol–water partition coefficient (Wildman–Crippen LogP) is 2.75. The summed E-state index contributed by atoms with van der Waals surface area (Å²) in [6.07, 6.45) is 2.89. The molecule has 28 heavy (non-hydrogen) atoms. The molecule has 1 amide bonds. The van der Waals surface area contributed by atoms with Crippen molar-refractivity contribution in [2.75, 3.05) is 12.1 Å². The molecular formula is C20H15N5O3. The third kappa shape index (κ3) is 3.83. The summed E-state index contributed by atoms with van der Waals surface area (Å²) in [5, 5.41) is 14.8. The fourth-order valence-corrected chi connectivity index (χ4v) is 2.64. The molecular weight excluding hydrogens is 358 g/mol. The molecule has 0 aliphatic carbocycles. The van der Waals surface area contributed by atoms with Crippen molar-refractivity contribution in [1.82, 2.24) is 15.3 Å². The van der Waals surface area contributed by atoms with E-state index in [9.17, 15) is 4.79 Å². The van der Waals surface area contributed by atoms with Gasteiger partial charge in [-0.05, 0) is 35.9 Å². The minimum atomic E-state index is -0.282. The number of carbonyl (C=O) groups excluding carboxylic acids is 1. The van der Waals surface area contributed by atoms with Crippen LogP contribution in [-0.2, 0) is 6.54 Å². The normalized spacial score (nSPS) is 11.5. The summed E-state index contributed by atoms with van der Waals surface area (Å²) < 4.78 is 10.6. The SMILES string of the molecule is N#Cc1cccc(Nc2ncc(C(=O)NCc3ccc4c(c3)OCO4)cn2)c1. The standard InChI is InChI=1S/C20H15N5O3/c21-8-13-2-1-3-16(6-13)25-20-23-10-15(11-24-20)19(26)22-9-14-4-5-17-18(7-14)28-12-27-17/h1-7,10-11H,9,12H2,(H,22,26)(H,23,24,25). The average molecular weight is 373 g/mol. The van der Waals surface area contributed by atoms with Crippen LogP contribution in [0.3, 0.4) is 0 Å². The lowest BCUT2D eigenvalue weighted by atomic mass is 10.2. The van der Waals surface area contributed by atoms with Crippen molar-refractivity contribution >= 4 is 17.5 Å². The monoisotopic (exact) mass is 373 g/mol. The number of carbonyl (C=O) groups is 1. The summed E-state index contributed by atoms with van der Waals surface area (Å²) in [6.45, 7) is 0.556. The summed E-state index contributed by atoms with van der Waals surface area (Å²) in [4.78, 5) is 20.6. The Morgan fingerprint density at radius 3 is 2.75 bits per heavy atom. The van der Waals surface area contributed by atoms with Gasteiger partial charge in [-0.2, -0.15) is 5.26 Å². The summed E-state index contributed by atoms with van der Waals surface area (Å²) >= 11 is 0. The molecule has 2 aromatic carbocycles. The second-order valence-electron chi connectivity index (χ2n) is 5.98. The van der Waals surface area contributed by atoms with Crippen LogP contribution in [0.2, 0.25) is 0 Å². The number of fused-ring (bicyclic) bond motifs is 1. The molecule has 8 heteroatoms. The minimum absolute atomic E-state index is 0.212. The van der Waals surface area contributed by atoms with Gasteiger partial charge >= 0.3 is 0 Å². The molecule has 1 aliphatic heterocycles. The topological polar surface area (TPSA) is 109 Å². The maximum absolute atomic E-state index is 12.3. The summed E-state index contributed by atoms with van der Waals surface area (Å²) in [5.41, 5.74) is 2.47. The second-order valence-corrected chi connectivity index (χ2v) is 5.98. The summed E-state index contributed by atoms with van der Waals surface area (Å²) in [5.74, 6) is 1.43. The van der Waals surface area contributed by atoms with E-state index in [1.54, 1.807) is 24.3 Å². The number of benzene rings is 2. The van der Waals surface area contributed by atoms with Crippen LogP contribution in [0.5, 0.6) is 11.5 Å². The Bertz CT molecular complexity index is 1060. The molecule has 138 valence electrons. The number of nitriles is 1. The molecule has 0 fully saturated rings. The number of hydrogen-bond donors (Lipinski definition) is 2. The molecule has 8 nitrogen and oxygen atoms in total. The highest BCUT2D eigenvalue weighted by Crippen LogP contribution is 2.32. The molecule has 0 saturated carbocycles. The molecule has 0 unspecified atom stereocenters. The smallest absolute Gasteiger partial charge is 0.254 e. The van der Waals surface area contributed by atoms with Crippen LogP contribution in [0, 0.1) is 11.3 Å². The zero-order valence-corrected chi connectivity index (χ0v) is 14.7. The van der Waals surface area contributed by atoms with Crippen LogP contribution in [0.15, 0.2) is 54.9 Å². The van der Waals surface area contributed by atoms with Crippen LogP contribution in [0.25, 0.3) is 0 Å². The van der Waals surface area contributed by atoms with Crippen molar-refractivity contribution in [2.45, 2.75) is 6.54 Å².